The molecule has 0 radical (unpaired) electrons. The summed E-state index contributed by atoms with van der Waals surface area (Å²) in [6, 6.07) is 0. The van der Waals surface area contributed by atoms with Crippen molar-refractivity contribution < 1.29 is 15.0 Å². The van der Waals surface area contributed by atoms with Gasteiger partial charge in [-0.2, -0.15) is 0 Å². The summed E-state index contributed by atoms with van der Waals surface area (Å²) in [6.07, 6.45) is 2.33. The van der Waals surface area contributed by atoms with Crippen LogP contribution in [-0.2, 0) is 0 Å². The number of aliphatic hydroxyl groups is 2. The van der Waals surface area contributed by atoms with E-state index in [1.807, 2.05) is 0 Å². The first kappa shape index (κ1) is 12.0. The lowest BCUT2D eigenvalue weighted by molar-refractivity contribution is -0.0883. The highest BCUT2D eigenvalue weighted by molar-refractivity contribution is 5.91. The Hall–Kier alpha value is -1.44. The number of β-amino-alcohol motifs (C(OH)–C–C–N with tert-alkyl or cyclic N) is 1. The van der Waals surface area contributed by atoms with Gasteiger partial charge in [-0.3, -0.25) is 4.79 Å². The summed E-state index contributed by atoms with van der Waals surface area (Å²) in [5.74, 6) is -0.346. The van der Waals surface area contributed by atoms with Gasteiger partial charge in [-0.1, -0.05) is 0 Å². The number of carbonyl (C=O) groups excluding carboxylic acids is 1. The highest BCUT2D eigenvalue weighted by atomic mass is 16.3. The van der Waals surface area contributed by atoms with Gasteiger partial charge in [0.25, 0.3) is 5.91 Å². The van der Waals surface area contributed by atoms with E-state index in [4.69, 9.17) is 0 Å². The Bertz CT molecular complexity index is 381. The van der Waals surface area contributed by atoms with Crippen LogP contribution in [0.5, 0.6) is 0 Å². The number of nitrogens with one attached hydrogen (secondary N) is 3. The van der Waals surface area contributed by atoms with Crippen molar-refractivity contribution in [2.75, 3.05) is 19.6 Å². The van der Waals surface area contributed by atoms with Crippen molar-refractivity contribution in [2.45, 2.75) is 18.1 Å². The Morgan fingerprint density at radius 3 is 3.18 bits per heavy atom. The van der Waals surface area contributed by atoms with Crippen molar-refractivity contribution in [3.8, 4) is 0 Å². The minimum Gasteiger partial charge on any atom is -0.389 e. The first-order valence-corrected chi connectivity index (χ1v) is 5.49. The number of nitrogens with zero attached hydrogens (tertiary/aromatic N) is 1. The molecule has 17 heavy (non-hydrogen) atoms. The van der Waals surface area contributed by atoms with Gasteiger partial charge < -0.3 is 25.8 Å². The average molecular weight is 240 g/mol. The zero-order valence-electron chi connectivity index (χ0n) is 9.31. The van der Waals surface area contributed by atoms with E-state index >= 15 is 0 Å². The second kappa shape index (κ2) is 4.82. The van der Waals surface area contributed by atoms with Crippen LogP contribution < -0.4 is 10.6 Å². The number of aromatic amines is 1. The molecule has 1 fully saturated rings. The van der Waals surface area contributed by atoms with Gasteiger partial charge in [-0.15, -0.1) is 0 Å². The van der Waals surface area contributed by atoms with Gasteiger partial charge in [-0.05, 0) is 13.0 Å². The van der Waals surface area contributed by atoms with Crippen LogP contribution in [0.1, 0.15) is 16.9 Å². The van der Waals surface area contributed by atoms with Crippen LogP contribution in [0.25, 0.3) is 0 Å². The maximum atomic E-state index is 11.6. The zero-order valence-corrected chi connectivity index (χ0v) is 9.31. The monoisotopic (exact) mass is 240 g/mol. The van der Waals surface area contributed by atoms with Gasteiger partial charge >= 0.3 is 0 Å². The maximum Gasteiger partial charge on any atom is 0.269 e. The molecule has 94 valence electrons. The van der Waals surface area contributed by atoms with Crippen molar-refractivity contribution in [3.05, 3.63) is 18.2 Å². The predicted molar refractivity (Wildman–Crippen MR) is 59.4 cm³/mol. The molecule has 0 bridgehead atoms. The molecule has 1 saturated heterocycles. The largest absolute Gasteiger partial charge is 0.389 e. The number of aliphatic hydroxyl groups excluding tert-OH is 1. The molecule has 1 aliphatic heterocycles. The van der Waals surface area contributed by atoms with E-state index in [1.54, 1.807) is 0 Å². The number of amides is 1. The minimum atomic E-state index is -1.26. The molecule has 1 aromatic rings. The second-order valence-corrected chi connectivity index (χ2v) is 4.22. The first-order valence-electron chi connectivity index (χ1n) is 5.49. The molecule has 0 aliphatic carbocycles. The average Bonchev–Trinajstić information content (AvgIpc) is 2.84. The molecular formula is C10H16N4O3. The molecule has 1 aliphatic rings. The fraction of sp³-hybridized carbons (Fsp3) is 0.600. The van der Waals surface area contributed by atoms with Gasteiger partial charge in [0.05, 0.1) is 18.6 Å². The number of carbonyl (C=O) groups is 1. The fourth-order valence-corrected chi connectivity index (χ4v) is 1.82. The standard InChI is InChI=1S/C10H16N4O3/c15-8-4-11-2-1-10(8,17)5-13-9(16)7-3-12-6-14-7/h3,6,8,11,15,17H,1-2,4-5H2,(H,12,14)(H,13,16)/t8-,10-/m1/s1. The summed E-state index contributed by atoms with van der Waals surface area (Å²) >= 11 is 0. The Labute approximate surface area is 98.3 Å². The summed E-state index contributed by atoms with van der Waals surface area (Å²) in [6.45, 7) is 0.970. The molecule has 0 spiro atoms. The first-order chi connectivity index (χ1) is 8.12. The van der Waals surface area contributed by atoms with Gasteiger partial charge in [0.15, 0.2) is 0 Å². The normalized spacial score (nSPS) is 28.9. The number of hydrogen-bond acceptors (Lipinski definition) is 5. The Kier molecular flexibility index (Phi) is 3.41. The summed E-state index contributed by atoms with van der Waals surface area (Å²) in [5, 5.41) is 25.4. The van der Waals surface area contributed by atoms with Crippen molar-refractivity contribution >= 4 is 5.91 Å². The molecule has 2 atom stereocenters. The molecule has 7 heteroatoms. The summed E-state index contributed by atoms with van der Waals surface area (Å²) in [7, 11) is 0. The molecule has 7 nitrogen and oxygen atoms in total. The van der Waals surface area contributed by atoms with E-state index < -0.39 is 11.7 Å². The number of rotatable bonds is 3. The van der Waals surface area contributed by atoms with Crippen LogP contribution in [0.15, 0.2) is 12.5 Å². The number of hydrogen-bond donors (Lipinski definition) is 5. The zero-order chi connectivity index (χ0) is 12.3. The highest BCUT2D eigenvalue weighted by Crippen LogP contribution is 2.17. The van der Waals surface area contributed by atoms with Gasteiger partial charge in [0.1, 0.15) is 11.3 Å². The Morgan fingerprint density at radius 2 is 2.53 bits per heavy atom. The quantitative estimate of drug-likeness (QED) is 0.429. The summed E-state index contributed by atoms with van der Waals surface area (Å²) in [4.78, 5) is 18.0. The van der Waals surface area contributed by atoms with E-state index in [-0.39, 0.29) is 12.5 Å². The fourth-order valence-electron chi connectivity index (χ4n) is 1.82. The van der Waals surface area contributed by atoms with Gasteiger partial charge in [0, 0.05) is 13.1 Å². The number of imidazole rings is 1. The lowest BCUT2D eigenvalue weighted by atomic mass is 9.89. The van der Waals surface area contributed by atoms with Crippen LogP contribution in [0.4, 0.5) is 0 Å². The van der Waals surface area contributed by atoms with E-state index in [0.717, 1.165) is 0 Å². The SMILES string of the molecule is O=C(NC[C@]1(O)CCNC[C@H]1O)c1cnc[nH]1. The van der Waals surface area contributed by atoms with Crippen molar-refractivity contribution in [3.63, 3.8) is 0 Å². The van der Waals surface area contributed by atoms with Crippen molar-refractivity contribution in [1.82, 2.24) is 20.6 Å². The second-order valence-electron chi connectivity index (χ2n) is 4.22. The Balaban J connectivity index is 1.91. The van der Waals surface area contributed by atoms with Crippen LogP contribution in [0, 0.1) is 0 Å². The van der Waals surface area contributed by atoms with E-state index in [1.165, 1.54) is 12.5 Å². The lowest BCUT2D eigenvalue weighted by Gasteiger charge is -2.37. The molecule has 2 rings (SSSR count). The molecule has 1 amide bonds. The molecule has 0 aromatic carbocycles. The molecule has 5 N–H and O–H groups in total. The number of H-pyrrole nitrogens is 1. The molecule has 0 unspecified atom stereocenters. The van der Waals surface area contributed by atoms with Crippen molar-refractivity contribution in [2.24, 2.45) is 0 Å². The van der Waals surface area contributed by atoms with Crippen molar-refractivity contribution in [1.29, 1.82) is 0 Å². The third-order valence-corrected chi connectivity index (χ3v) is 2.99. The van der Waals surface area contributed by atoms with Crippen LogP contribution >= 0.6 is 0 Å². The molecule has 1 aromatic heterocycles. The predicted octanol–water partition coefficient (Wildman–Crippen LogP) is -1.78. The molecule has 0 saturated carbocycles. The topological polar surface area (TPSA) is 110 Å². The van der Waals surface area contributed by atoms with Crippen LogP contribution in [0.3, 0.4) is 0 Å². The minimum absolute atomic E-state index is 0.0215. The highest BCUT2D eigenvalue weighted by Gasteiger charge is 2.38. The summed E-state index contributed by atoms with van der Waals surface area (Å²) in [5.41, 5.74) is -0.932. The number of piperidine rings is 1. The van der Waals surface area contributed by atoms with Crippen LogP contribution in [-0.4, -0.2) is 57.4 Å². The van der Waals surface area contributed by atoms with Crippen LogP contribution in [0.2, 0.25) is 0 Å². The summed E-state index contributed by atoms with van der Waals surface area (Å²) < 4.78 is 0. The van der Waals surface area contributed by atoms with E-state index in [0.29, 0.717) is 25.2 Å². The third-order valence-electron chi connectivity index (χ3n) is 2.99. The van der Waals surface area contributed by atoms with E-state index in [9.17, 15) is 15.0 Å². The number of aromatic nitrogens is 2. The van der Waals surface area contributed by atoms with E-state index in [2.05, 4.69) is 20.6 Å². The smallest absolute Gasteiger partial charge is 0.269 e. The molecular weight excluding hydrogens is 224 g/mol. The molecule has 2 heterocycles. The van der Waals surface area contributed by atoms with Gasteiger partial charge in [0.2, 0.25) is 0 Å². The van der Waals surface area contributed by atoms with Gasteiger partial charge in [-0.25, -0.2) is 4.98 Å². The maximum absolute atomic E-state index is 11.6. The Morgan fingerprint density at radius 1 is 1.71 bits per heavy atom. The third kappa shape index (κ3) is 2.63. The lowest BCUT2D eigenvalue weighted by Crippen LogP contribution is -2.59.